The summed E-state index contributed by atoms with van der Waals surface area (Å²) < 4.78 is 5.82. The monoisotopic (exact) mass is 347 g/mol. The Morgan fingerprint density at radius 3 is 2.92 bits per heavy atom. The number of ether oxygens (including phenoxy) is 1. The summed E-state index contributed by atoms with van der Waals surface area (Å²) in [7, 11) is 0. The molecule has 0 aromatic heterocycles. The van der Waals surface area contributed by atoms with Crippen LogP contribution in [-0.4, -0.2) is 25.2 Å². The molecule has 1 aromatic carbocycles. The Balaban J connectivity index is 1.64. The first-order valence-corrected chi connectivity index (χ1v) is 9.55. The first-order chi connectivity index (χ1) is 12.8. The lowest BCUT2D eigenvalue weighted by molar-refractivity contribution is -0.121. The summed E-state index contributed by atoms with van der Waals surface area (Å²) in [4.78, 5) is 11.9. The Morgan fingerprint density at radius 2 is 2.12 bits per heavy atom. The van der Waals surface area contributed by atoms with Gasteiger partial charge in [0.2, 0.25) is 5.91 Å². The lowest BCUT2D eigenvalue weighted by atomic mass is 9.88. The van der Waals surface area contributed by atoms with Crippen LogP contribution in [0.5, 0.6) is 0 Å². The molecular formula is C23H25NO2. The summed E-state index contributed by atoms with van der Waals surface area (Å²) in [5.74, 6) is 0.145. The Labute approximate surface area is 155 Å². The van der Waals surface area contributed by atoms with E-state index in [4.69, 9.17) is 4.74 Å². The van der Waals surface area contributed by atoms with Crippen LogP contribution in [0, 0.1) is 0 Å². The van der Waals surface area contributed by atoms with E-state index in [1.807, 2.05) is 6.92 Å². The topological polar surface area (TPSA) is 38.3 Å². The van der Waals surface area contributed by atoms with E-state index in [1.165, 1.54) is 33.4 Å². The summed E-state index contributed by atoms with van der Waals surface area (Å²) in [5, 5.41) is 3.07. The van der Waals surface area contributed by atoms with Gasteiger partial charge in [-0.25, -0.2) is 0 Å². The third-order valence-corrected chi connectivity index (χ3v) is 5.30. The van der Waals surface area contributed by atoms with Gasteiger partial charge in [-0.2, -0.15) is 0 Å². The van der Waals surface area contributed by atoms with Crippen LogP contribution in [-0.2, 0) is 9.53 Å². The van der Waals surface area contributed by atoms with Gasteiger partial charge in [-0.05, 0) is 52.7 Å². The van der Waals surface area contributed by atoms with E-state index >= 15 is 0 Å². The Morgan fingerprint density at radius 1 is 1.27 bits per heavy atom. The van der Waals surface area contributed by atoms with Gasteiger partial charge in [-0.1, -0.05) is 55.5 Å². The van der Waals surface area contributed by atoms with Crippen LogP contribution in [0.15, 0.2) is 70.9 Å². The molecular weight excluding hydrogens is 322 g/mol. The Bertz CT molecular complexity index is 827. The average Bonchev–Trinajstić information content (AvgIpc) is 3.27. The van der Waals surface area contributed by atoms with E-state index in [-0.39, 0.29) is 12.0 Å². The van der Waals surface area contributed by atoms with E-state index in [9.17, 15) is 4.79 Å². The van der Waals surface area contributed by atoms with Crippen molar-refractivity contribution in [3.05, 3.63) is 76.4 Å². The first kappa shape index (κ1) is 17.0. The van der Waals surface area contributed by atoms with Gasteiger partial charge in [0.25, 0.3) is 0 Å². The quantitative estimate of drug-likeness (QED) is 0.831. The minimum atomic E-state index is 0.0913. The van der Waals surface area contributed by atoms with Crippen molar-refractivity contribution in [3.63, 3.8) is 0 Å². The SMILES string of the molecule is CCCC(=O)NCCC1=C(c2ccccc2)CC2=C1C1=CCOC1C=C2. The van der Waals surface area contributed by atoms with Crippen molar-refractivity contribution in [2.24, 2.45) is 0 Å². The van der Waals surface area contributed by atoms with Gasteiger partial charge in [-0.15, -0.1) is 0 Å². The van der Waals surface area contributed by atoms with E-state index in [1.54, 1.807) is 0 Å². The van der Waals surface area contributed by atoms with Gasteiger partial charge in [0.05, 0.1) is 6.61 Å². The molecule has 0 spiro atoms. The predicted molar refractivity (Wildman–Crippen MR) is 105 cm³/mol. The number of hydrogen-bond donors (Lipinski definition) is 1. The van der Waals surface area contributed by atoms with Gasteiger partial charge >= 0.3 is 0 Å². The number of carbonyl (C=O) groups is 1. The average molecular weight is 347 g/mol. The molecule has 134 valence electrons. The number of hydrogen-bond acceptors (Lipinski definition) is 2. The van der Waals surface area contributed by atoms with Crippen molar-refractivity contribution in [2.75, 3.05) is 13.2 Å². The van der Waals surface area contributed by atoms with Crippen LogP contribution in [0.2, 0.25) is 0 Å². The number of allylic oxidation sites excluding steroid dienone is 3. The molecule has 3 aliphatic rings. The predicted octanol–water partition coefficient (Wildman–Crippen LogP) is 4.34. The lowest BCUT2D eigenvalue weighted by Gasteiger charge is -2.20. The number of nitrogens with one attached hydrogen (secondary N) is 1. The second-order valence-corrected chi connectivity index (χ2v) is 7.02. The molecule has 1 N–H and O–H groups in total. The van der Waals surface area contributed by atoms with Gasteiger partial charge in [0, 0.05) is 13.0 Å². The molecule has 3 nitrogen and oxygen atoms in total. The minimum Gasteiger partial charge on any atom is -0.365 e. The van der Waals surface area contributed by atoms with Crippen LogP contribution in [0.3, 0.4) is 0 Å². The number of fused-ring (bicyclic) bond motifs is 2. The Kier molecular flexibility index (Phi) is 4.89. The molecule has 0 radical (unpaired) electrons. The number of benzene rings is 1. The number of rotatable bonds is 6. The molecule has 0 saturated carbocycles. The van der Waals surface area contributed by atoms with E-state index in [0.717, 1.165) is 19.3 Å². The fourth-order valence-corrected chi connectivity index (χ4v) is 4.12. The molecule has 0 bridgehead atoms. The maximum atomic E-state index is 11.9. The van der Waals surface area contributed by atoms with Crippen LogP contribution >= 0.6 is 0 Å². The highest BCUT2D eigenvalue weighted by atomic mass is 16.5. The first-order valence-electron chi connectivity index (χ1n) is 9.55. The van der Waals surface area contributed by atoms with Gasteiger partial charge < -0.3 is 10.1 Å². The highest BCUT2D eigenvalue weighted by Gasteiger charge is 2.33. The van der Waals surface area contributed by atoms with Gasteiger partial charge in [-0.3, -0.25) is 4.79 Å². The second kappa shape index (κ2) is 7.46. The molecule has 2 aliphatic carbocycles. The zero-order valence-corrected chi connectivity index (χ0v) is 15.3. The maximum absolute atomic E-state index is 11.9. The standard InChI is InChI=1S/C23H25NO2/c1-2-6-22(25)24-13-11-18-20(16-7-4-3-5-8-16)15-17-9-10-21-19(23(17)18)12-14-26-21/h3-5,7-10,12,21H,2,6,11,13-15H2,1H3,(H,24,25). The molecule has 0 fully saturated rings. The summed E-state index contributed by atoms with van der Waals surface area (Å²) in [6.07, 6.45) is 10.0. The molecule has 0 saturated heterocycles. The van der Waals surface area contributed by atoms with Crippen molar-refractivity contribution >= 4 is 11.5 Å². The molecule has 1 unspecified atom stereocenters. The molecule has 1 aliphatic heterocycles. The highest BCUT2D eigenvalue weighted by Crippen LogP contribution is 2.47. The second-order valence-electron chi connectivity index (χ2n) is 7.02. The zero-order valence-electron chi connectivity index (χ0n) is 15.3. The summed E-state index contributed by atoms with van der Waals surface area (Å²) in [6, 6.07) is 10.6. The number of amides is 1. The fraction of sp³-hybridized carbons (Fsp3) is 0.348. The number of carbonyl (C=O) groups excluding carboxylic acids is 1. The molecule has 1 heterocycles. The largest absolute Gasteiger partial charge is 0.365 e. The van der Waals surface area contributed by atoms with Gasteiger partial charge in [0.1, 0.15) is 6.10 Å². The van der Waals surface area contributed by atoms with Crippen molar-refractivity contribution in [2.45, 2.75) is 38.7 Å². The maximum Gasteiger partial charge on any atom is 0.219 e. The van der Waals surface area contributed by atoms with Crippen molar-refractivity contribution in [1.82, 2.24) is 5.32 Å². The Hall–Kier alpha value is -2.39. The molecule has 26 heavy (non-hydrogen) atoms. The highest BCUT2D eigenvalue weighted by molar-refractivity contribution is 5.84. The smallest absolute Gasteiger partial charge is 0.219 e. The summed E-state index contributed by atoms with van der Waals surface area (Å²) in [6.45, 7) is 3.40. The van der Waals surface area contributed by atoms with Crippen LogP contribution in [0.1, 0.15) is 38.2 Å². The van der Waals surface area contributed by atoms with E-state index in [2.05, 4.69) is 53.9 Å². The molecule has 1 atom stereocenters. The summed E-state index contributed by atoms with van der Waals surface area (Å²) in [5.41, 5.74) is 8.09. The van der Waals surface area contributed by atoms with Crippen molar-refractivity contribution < 1.29 is 9.53 Å². The molecule has 4 rings (SSSR count). The van der Waals surface area contributed by atoms with Crippen LogP contribution in [0.25, 0.3) is 5.57 Å². The molecule has 1 aromatic rings. The summed E-state index contributed by atoms with van der Waals surface area (Å²) >= 11 is 0. The third-order valence-electron chi connectivity index (χ3n) is 5.30. The zero-order chi connectivity index (χ0) is 17.9. The lowest BCUT2D eigenvalue weighted by Crippen LogP contribution is -2.24. The van der Waals surface area contributed by atoms with Crippen LogP contribution < -0.4 is 5.32 Å². The van der Waals surface area contributed by atoms with E-state index < -0.39 is 0 Å². The fourth-order valence-electron chi connectivity index (χ4n) is 4.12. The van der Waals surface area contributed by atoms with Crippen molar-refractivity contribution in [1.29, 1.82) is 0 Å². The van der Waals surface area contributed by atoms with E-state index in [0.29, 0.717) is 19.6 Å². The molecule has 3 heteroatoms. The minimum absolute atomic E-state index is 0.0913. The third kappa shape index (κ3) is 3.19. The van der Waals surface area contributed by atoms with Crippen molar-refractivity contribution in [3.8, 4) is 0 Å². The normalized spacial score (nSPS) is 21.0. The molecule has 1 amide bonds. The van der Waals surface area contributed by atoms with Crippen LogP contribution in [0.4, 0.5) is 0 Å². The van der Waals surface area contributed by atoms with Gasteiger partial charge in [0.15, 0.2) is 0 Å².